The molecule has 0 saturated carbocycles. The van der Waals surface area contributed by atoms with Gasteiger partial charge in [-0.3, -0.25) is 14.3 Å². The van der Waals surface area contributed by atoms with Crippen molar-refractivity contribution in [1.29, 1.82) is 0 Å². The normalized spacial score (nSPS) is 12.1. The first-order valence-electron chi connectivity index (χ1n) is 12.2. The zero-order valence-corrected chi connectivity index (χ0v) is 23.3. The molecule has 1 atom stereocenters. The number of hydrogen-bond donors (Lipinski definition) is 0. The summed E-state index contributed by atoms with van der Waals surface area (Å²) in [7, 11) is 5.74. The van der Waals surface area contributed by atoms with E-state index in [1.54, 1.807) is 44.6 Å². The van der Waals surface area contributed by atoms with Crippen molar-refractivity contribution in [3.8, 4) is 17.2 Å². The first-order valence-corrected chi connectivity index (χ1v) is 13.2. The van der Waals surface area contributed by atoms with Crippen LogP contribution in [0.1, 0.15) is 5.82 Å². The van der Waals surface area contributed by atoms with Crippen molar-refractivity contribution in [2.45, 2.75) is 6.54 Å². The van der Waals surface area contributed by atoms with Crippen LogP contribution >= 0.6 is 0 Å². The highest BCUT2D eigenvalue weighted by Crippen LogP contribution is 2.41. The van der Waals surface area contributed by atoms with Crippen LogP contribution in [0.2, 0.25) is 0 Å². The van der Waals surface area contributed by atoms with E-state index in [-0.39, 0.29) is 34.9 Å². The summed E-state index contributed by atoms with van der Waals surface area (Å²) >= 11 is -1.66. The van der Waals surface area contributed by atoms with E-state index in [9.17, 15) is 9.35 Å². The van der Waals surface area contributed by atoms with E-state index < -0.39 is 34.4 Å². The SMILES string of the molecule is COc1cc(OC)c(F)c(N(Cc2nccn2[S+]([O-])N(C)C)c2ccc3ncn(-c4cccnc4)c(=O)c3c2)c1F. The highest BCUT2D eigenvalue weighted by Gasteiger charge is 2.29. The lowest BCUT2D eigenvalue weighted by molar-refractivity contribution is 0.358. The molecule has 1 unspecified atom stereocenters. The average Bonchev–Trinajstić information content (AvgIpc) is 3.45. The zero-order valence-electron chi connectivity index (χ0n) is 22.5. The maximum atomic E-state index is 15.8. The molecule has 2 aromatic carbocycles. The first kappa shape index (κ1) is 28.0. The van der Waals surface area contributed by atoms with Crippen LogP contribution in [0.15, 0.2) is 72.3 Å². The van der Waals surface area contributed by atoms with E-state index in [2.05, 4.69) is 15.0 Å². The molecule has 3 aromatic heterocycles. The molecule has 0 fully saturated rings. The van der Waals surface area contributed by atoms with E-state index in [4.69, 9.17) is 9.47 Å². The predicted molar refractivity (Wildman–Crippen MR) is 150 cm³/mol. The number of benzene rings is 2. The van der Waals surface area contributed by atoms with Crippen LogP contribution in [-0.2, 0) is 18.1 Å². The van der Waals surface area contributed by atoms with E-state index in [1.165, 1.54) is 62.9 Å². The average molecular weight is 582 g/mol. The fraction of sp³-hybridized carbons (Fsp3) is 0.185. The summed E-state index contributed by atoms with van der Waals surface area (Å²) < 4.78 is 59.0. The molecule has 0 aliphatic heterocycles. The standard InChI is InChI=1S/C27H25F2N7O4S/c1-33(2)41(38)36-11-10-31-23(36)15-34(26-24(28)21(39-3)13-22(40-4)25(26)29)17-7-8-20-19(12-17)27(37)35(16-32-20)18-6-5-9-30-14-18/h5-14,16H,15H2,1-4H3. The molecule has 5 aromatic rings. The van der Waals surface area contributed by atoms with Crippen molar-refractivity contribution in [2.24, 2.45) is 0 Å². The van der Waals surface area contributed by atoms with Crippen LogP contribution in [0.4, 0.5) is 20.2 Å². The van der Waals surface area contributed by atoms with Gasteiger partial charge in [-0.05, 0) is 30.3 Å². The zero-order chi connectivity index (χ0) is 29.3. The van der Waals surface area contributed by atoms with Gasteiger partial charge in [0.25, 0.3) is 5.56 Å². The summed E-state index contributed by atoms with van der Waals surface area (Å²) in [5.74, 6) is -2.29. The van der Waals surface area contributed by atoms with Crippen LogP contribution in [0.25, 0.3) is 16.6 Å². The molecule has 41 heavy (non-hydrogen) atoms. The van der Waals surface area contributed by atoms with Gasteiger partial charge in [0, 0.05) is 32.0 Å². The maximum absolute atomic E-state index is 15.8. The molecule has 0 radical (unpaired) electrons. The van der Waals surface area contributed by atoms with Crippen molar-refractivity contribution in [3.63, 3.8) is 0 Å². The fourth-order valence-electron chi connectivity index (χ4n) is 4.26. The van der Waals surface area contributed by atoms with Crippen LogP contribution in [0.3, 0.4) is 0 Å². The molecule has 11 nitrogen and oxygen atoms in total. The number of pyridine rings is 1. The molecule has 0 spiro atoms. The Morgan fingerprint density at radius 3 is 2.39 bits per heavy atom. The van der Waals surface area contributed by atoms with Gasteiger partial charge in [-0.1, -0.05) is 0 Å². The van der Waals surface area contributed by atoms with Gasteiger partial charge in [-0.25, -0.2) is 18.7 Å². The Morgan fingerprint density at radius 2 is 1.76 bits per heavy atom. The Kier molecular flexibility index (Phi) is 7.88. The van der Waals surface area contributed by atoms with Crippen LogP contribution < -0.4 is 19.9 Å². The largest absolute Gasteiger partial charge is 0.573 e. The number of anilines is 2. The molecule has 0 amide bonds. The minimum Gasteiger partial charge on any atom is -0.573 e. The Labute approximate surface area is 236 Å². The highest BCUT2D eigenvalue weighted by atomic mass is 32.2. The number of methoxy groups -OCH3 is 2. The molecule has 0 bridgehead atoms. The summed E-state index contributed by atoms with van der Waals surface area (Å²) in [6.45, 7) is -0.237. The minimum atomic E-state index is -1.66. The second-order valence-corrected chi connectivity index (χ2v) is 10.5. The smallest absolute Gasteiger partial charge is 0.265 e. The third-order valence-corrected chi connectivity index (χ3v) is 7.55. The van der Waals surface area contributed by atoms with Crippen LogP contribution in [-0.4, -0.2) is 60.7 Å². The molecule has 0 N–H and O–H groups in total. The number of aromatic nitrogens is 5. The third-order valence-electron chi connectivity index (χ3n) is 6.26. The summed E-state index contributed by atoms with van der Waals surface area (Å²) in [4.78, 5) is 27.5. The maximum Gasteiger partial charge on any atom is 0.265 e. The number of hydrogen-bond acceptors (Lipinski definition) is 9. The Hall–Kier alpha value is -4.53. The van der Waals surface area contributed by atoms with E-state index in [1.807, 2.05) is 0 Å². The molecule has 5 rings (SSSR count). The summed E-state index contributed by atoms with van der Waals surface area (Å²) in [5, 5.41) is 0.190. The molecule has 14 heteroatoms. The topological polar surface area (TPSA) is 114 Å². The second kappa shape index (κ2) is 11.5. The fourth-order valence-corrected chi connectivity index (χ4v) is 5.06. The second-order valence-electron chi connectivity index (χ2n) is 8.89. The Morgan fingerprint density at radius 1 is 1.02 bits per heavy atom. The summed E-state index contributed by atoms with van der Waals surface area (Å²) in [6.07, 6.45) is 7.42. The lowest BCUT2D eigenvalue weighted by atomic mass is 10.1. The van der Waals surface area contributed by atoms with Crippen molar-refractivity contribution >= 4 is 33.8 Å². The van der Waals surface area contributed by atoms with Crippen molar-refractivity contribution in [2.75, 3.05) is 33.2 Å². The number of imidazole rings is 1. The van der Waals surface area contributed by atoms with Crippen molar-refractivity contribution < 1.29 is 22.8 Å². The van der Waals surface area contributed by atoms with Gasteiger partial charge in [0.05, 0.1) is 55.9 Å². The third kappa shape index (κ3) is 5.19. The van der Waals surface area contributed by atoms with Crippen LogP contribution in [0, 0.1) is 11.6 Å². The molecule has 212 valence electrons. The van der Waals surface area contributed by atoms with Crippen LogP contribution in [0.5, 0.6) is 11.5 Å². The van der Waals surface area contributed by atoms with Gasteiger partial charge in [-0.2, -0.15) is 0 Å². The monoisotopic (exact) mass is 581 g/mol. The van der Waals surface area contributed by atoms with Gasteiger partial charge >= 0.3 is 0 Å². The van der Waals surface area contributed by atoms with E-state index in [0.29, 0.717) is 11.2 Å². The van der Waals surface area contributed by atoms with Gasteiger partial charge < -0.3 is 18.9 Å². The van der Waals surface area contributed by atoms with Gasteiger partial charge in [0.1, 0.15) is 12.0 Å². The minimum absolute atomic E-state index is 0.190. The van der Waals surface area contributed by atoms with Gasteiger partial charge in [0.15, 0.2) is 40.5 Å². The van der Waals surface area contributed by atoms with Gasteiger partial charge in [0.2, 0.25) is 0 Å². The Balaban J connectivity index is 1.74. The highest BCUT2D eigenvalue weighted by molar-refractivity contribution is 7.87. The first-order chi connectivity index (χ1) is 19.7. The molecule has 3 heterocycles. The van der Waals surface area contributed by atoms with Gasteiger partial charge in [-0.15, -0.1) is 8.28 Å². The Bertz CT molecular complexity index is 1740. The summed E-state index contributed by atoms with van der Waals surface area (Å²) in [5.41, 5.74) is 0.181. The van der Waals surface area contributed by atoms with Crippen molar-refractivity contribution in [1.82, 2.24) is 27.8 Å². The molecular formula is C27H25F2N7O4S. The lowest BCUT2D eigenvalue weighted by Gasteiger charge is -2.27. The number of ether oxygens (including phenoxy) is 2. The number of fused-ring (bicyclic) bond motifs is 1. The number of rotatable bonds is 9. The number of halogens is 2. The van der Waals surface area contributed by atoms with E-state index in [0.717, 1.165) is 6.07 Å². The quantitative estimate of drug-likeness (QED) is 0.241. The molecule has 0 saturated heterocycles. The lowest BCUT2D eigenvalue weighted by Crippen LogP contribution is -2.31. The summed E-state index contributed by atoms with van der Waals surface area (Å²) in [6, 6.07) is 9.13. The number of nitrogens with zero attached hydrogens (tertiary/aromatic N) is 7. The molecule has 0 aliphatic rings. The predicted octanol–water partition coefficient (Wildman–Crippen LogP) is 3.60. The molecular weight excluding hydrogens is 556 g/mol. The van der Waals surface area contributed by atoms with Crippen molar-refractivity contribution in [3.05, 3.63) is 95.3 Å². The molecule has 0 aliphatic carbocycles. The van der Waals surface area contributed by atoms with E-state index >= 15 is 8.78 Å².